The number of hydrogen-bond acceptors (Lipinski definition) is 3. The van der Waals surface area contributed by atoms with Crippen LogP contribution in [0.1, 0.15) is 38.3 Å². The zero-order chi connectivity index (χ0) is 16.0. The van der Waals surface area contributed by atoms with E-state index in [0.717, 1.165) is 36.8 Å². The van der Waals surface area contributed by atoms with Crippen LogP contribution in [0.5, 0.6) is 5.75 Å². The van der Waals surface area contributed by atoms with E-state index >= 15 is 0 Å². The van der Waals surface area contributed by atoms with Crippen molar-refractivity contribution < 1.29 is 4.74 Å². The molecule has 1 aromatic carbocycles. The molecule has 0 amide bonds. The molecule has 0 radical (unpaired) electrons. The minimum atomic E-state index is -0.177. The van der Waals surface area contributed by atoms with Crippen LogP contribution < -0.4 is 15.4 Å². The van der Waals surface area contributed by atoms with Gasteiger partial charge in [0.1, 0.15) is 11.4 Å². The first-order valence-electron chi connectivity index (χ1n) is 7.80. The molecule has 0 aromatic heterocycles. The lowest BCUT2D eigenvalue weighted by molar-refractivity contribution is 0.0694. The monoisotopic (exact) mass is 449 g/mol. The summed E-state index contributed by atoms with van der Waals surface area (Å²) in [6, 6.07) is 8.46. The minimum Gasteiger partial charge on any atom is -0.487 e. The van der Waals surface area contributed by atoms with E-state index < -0.39 is 0 Å². The van der Waals surface area contributed by atoms with Crippen LogP contribution in [0, 0.1) is 0 Å². The van der Waals surface area contributed by atoms with Gasteiger partial charge in [0.15, 0.2) is 5.96 Å². The number of aliphatic imine (C=N–C) groups is 1. The Balaban J connectivity index is 0.00000264. The van der Waals surface area contributed by atoms with Crippen LogP contribution in [0.4, 0.5) is 0 Å². The molecule has 4 nitrogen and oxygen atoms in total. The summed E-state index contributed by atoms with van der Waals surface area (Å²) in [6.45, 7) is 5.20. The minimum absolute atomic E-state index is 0. The van der Waals surface area contributed by atoms with Crippen molar-refractivity contribution in [3.63, 3.8) is 0 Å². The summed E-state index contributed by atoms with van der Waals surface area (Å²) in [5.41, 5.74) is 1.03. The Morgan fingerprint density at radius 1 is 1.39 bits per heavy atom. The van der Waals surface area contributed by atoms with Crippen molar-refractivity contribution in [3.8, 4) is 5.75 Å². The van der Waals surface area contributed by atoms with Crippen LogP contribution >= 0.6 is 35.7 Å². The third kappa shape index (κ3) is 6.06. The van der Waals surface area contributed by atoms with Gasteiger partial charge in [-0.1, -0.05) is 18.2 Å². The van der Waals surface area contributed by atoms with E-state index in [1.54, 1.807) is 0 Å². The van der Waals surface area contributed by atoms with E-state index in [0.29, 0.717) is 0 Å². The number of thioether (sulfide) groups is 1. The molecule has 0 spiro atoms. The molecule has 130 valence electrons. The number of nitrogens with zero attached hydrogens (tertiary/aromatic N) is 1. The van der Waals surface area contributed by atoms with Crippen LogP contribution in [-0.4, -0.2) is 37.2 Å². The predicted octanol–water partition coefficient (Wildman–Crippen LogP) is 3.82. The number of halogens is 1. The maximum atomic E-state index is 6.07. The van der Waals surface area contributed by atoms with Crippen LogP contribution in [0.15, 0.2) is 29.3 Å². The fourth-order valence-electron chi connectivity index (χ4n) is 2.71. The Kier molecular flexibility index (Phi) is 8.53. The van der Waals surface area contributed by atoms with Gasteiger partial charge in [-0.25, -0.2) is 0 Å². The zero-order valence-electron chi connectivity index (χ0n) is 14.4. The molecule has 6 heteroatoms. The summed E-state index contributed by atoms with van der Waals surface area (Å²) < 4.78 is 6.07. The van der Waals surface area contributed by atoms with Gasteiger partial charge >= 0.3 is 0 Å². The molecular formula is C17H28IN3OS. The highest BCUT2D eigenvalue weighted by Crippen LogP contribution is 2.39. The summed E-state index contributed by atoms with van der Waals surface area (Å²) >= 11 is 1.87. The molecule has 1 aromatic rings. The van der Waals surface area contributed by atoms with Crippen molar-refractivity contribution in [1.82, 2.24) is 10.6 Å². The highest BCUT2D eigenvalue weighted by atomic mass is 127. The van der Waals surface area contributed by atoms with Crippen molar-refractivity contribution in [2.24, 2.45) is 4.99 Å². The Morgan fingerprint density at radius 2 is 2.13 bits per heavy atom. The molecule has 2 N–H and O–H groups in total. The second kappa shape index (κ2) is 9.61. The lowest BCUT2D eigenvalue weighted by Crippen LogP contribution is -2.45. The number of hydrogen-bond donors (Lipinski definition) is 2. The second-order valence-corrected chi connectivity index (χ2v) is 7.13. The lowest BCUT2D eigenvalue weighted by atomic mass is 9.90. The topological polar surface area (TPSA) is 45.7 Å². The summed E-state index contributed by atoms with van der Waals surface area (Å²) in [4.78, 5) is 4.35. The van der Waals surface area contributed by atoms with Gasteiger partial charge in [-0.05, 0) is 38.3 Å². The molecule has 0 bridgehead atoms. The standard InChI is InChI=1S/C17H27N3OS.HI/c1-17(2)12-14(13-8-5-6-9-15(13)21-17)20-16(18-3)19-10-7-11-22-4;/h5-6,8-9,14H,7,10-12H2,1-4H3,(H2,18,19,20);1H. The molecule has 23 heavy (non-hydrogen) atoms. The van der Waals surface area contributed by atoms with Gasteiger partial charge < -0.3 is 15.4 Å². The summed E-state index contributed by atoms with van der Waals surface area (Å²) in [5.74, 6) is 2.99. The molecule has 0 saturated heterocycles. The summed E-state index contributed by atoms with van der Waals surface area (Å²) in [7, 11) is 1.82. The summed E-state index contributed by atoms with van der Waals surface area (Å²) in [5, 5.41) is 6.94. The number of benzene rings is 1. The first kappa shape index (κ1) is 20.4. The first-order chi connectivity index (χ1) is 10.6. The van der Waals surface area contributed by atoms with Gasteiger partial charge in [-0.15, -0.1) is 24.0 Å². The van der Waals surface area contributed by atoms with E-state index in [-0.39, 0.29) is 35.6 Å². The molecule has 1 heterocycles. The van der Waals surface area contributed by atoms with E-state index in [4.69, 9.17) is 4.74 Å². The molecule has 2 rings (SSSR count). The number of ether oxygens (including phenoxy) is 1. The van der Waals surface area contributed by atoms with Gasteiger partial charge in [0.05, 0.1) is 6.04 Å². The molecule has 1 atom stereocenters. The maximum absolute atomic E-state index is 6.07. The van der Waals surface area contributed by atoms with Crippen LogP contribution in [0.3, 0.4) is 0 Å². The molecule has 1 aliphatic heterocycles. The van der Waals surface area contributed by atoms with Crippen LogP contribution in [-0.2, 0) is 0 Å². The third-order valence-electron chi connectivity index (χ3n) is 3.73. The Morgan fingerprint density at radius 3 is 2.83 bits per heavy atom. The third-order valence-corrected chi connectivity index (χ3v) is 4.43. The normalized spacial score (nSPS) is 19.1. The highest BCUT2D eigenvalue weighted by Gasteiger charge is 2.33. The average molecular weight is 449 g/mol. The Hall–Kier alpha value is -0.630. The van der Waals surface area contributed by atoms with Crippen molar-refractivity contribution in [2.45, 2.75) is 38.3 Å². The largest absolute Gasteiger partial charge is 0.487 e. The van der Waals surface area contributed by atoms with Gasteiger partial charge in [0, 0.05) is 25.6 Å². The molecule has 0 fully saturated rings. The number of nitrogens with one attached hydrogen (secondary N) is 2. The number of fused-ring (bicyclic) bond motifs is 1. The fraction of sp³-hybridized carbons (Fsp3) is 0.588. The molecule has 1 aliphatic rings. The van der Waals surface area contributed by atoms with Crippen molar-refractivity contribution >= 4 is 41.7 Å². The van der Waals surface area contributed by atoms with Gasteiger partial charge in [0.2, 0.25) is 0 Å². The maximum Gasteiger partial charge on any atom is 0.191 e. The summed E-state index contributed by atoms with van der Waals surface area (Å²) in [6.07, 6.45) is 4.18. The van der Waals surface area contributed by atoms with Gasteiger partial charge in [-0.3, -0.25) is 4.99 Å². The van der Waals surface area contributed by atoms with Gasteiger partial charge in [0.25, 0.3) is 0 Å². The van der Waals surface area contributed by atoms with E-state index in [1.807, 2.05) is 30.9 Å². The molecule has 1 unspecified atom stereocenters. The van der Waals surface area contributed by atoms with E-state index in [1.165, 1.54) is 5.56 Å². The average Bonchev–Trinajstić information content (AvgIpc) is 2.49. The molecule has 0 aliphatic carbocycles. The lowest BCUT2D eigenvalue weighted by Gasteiger charge is -2.38. The highest BCUT2D eigenvalue weighted by molar-refractivity contribution is 14.0. The number of guanidine groups is 1. The van der Waals surface area contributed by atoms with Crippen molar-refractivity contribution in [1.29, 1.82) is 0 Å². The number of rotatable bonds is 5. The van der Waals surface area contributed by atoms with Crippen LogP contribution in [0.25, 0.3) is 0 Å². The van der Waals surface area contributed by atoms with E-state index in [9.17, 15) is 0 Å². The zero-order valence-corrected chi connectivity index (χ0v) is 17.5. The Labute approximate surface area is 161 Å². The predicted molar refractivity (Wildman–Crippen MR) is 111 cm³/mol. The van der Waals surface area contributed by atoms with Crippen molar-refractivity contribution in [3.05, 3.63) is 29.8 Å². The van der Waals surface area contributed by atoms with E-state index in [2.05, 4.69) is 47.9 Å². The Bertz CT molecular complexity index is 522. The SMILES string of the molecule is CN=C(NCCCSC)NC1CC(C)(C)Oc2ccccc21.I. The number of para-hydroxylation sites is 1. The van der Waals surface area contributed by atoms with Gasteiger partial charge in [-0.2, -0.15) is 11.8 Å². The quantitative estimate of drug-likeness (QED) is 0.311. The fourth-order valence-corrected chi connectivity index (χ4v) is 3.15. The van der Waals surface area contributed by atoms with Crippen LogP contribution in [0.2, 0.25) is 0 Å². The molecular weight excluding hydrogens is 421 g/mol. The second-order valence-electron chi connectivity index (χ2n) is 6.15. The molecule has 0 saturated carbocycles. The smallest absolute Gasteiger partial charge is 0.191 e. The first-order valence-corrected chi connectivity index (χ1v) is 9.19. The van der Waals surface area contributed by atoms with Crippen molar-refractivity contribution in [2.75, 3.05) is 25.6 Å².